The van der Waals surface area contributed by atoms with Crippen LogP contribution in [0.5, 0.6) is 5.75 Å². The van der Waals surface area contributed by atoms with Gasteiger partial charge >= 0.3 is 6.36 Å². The first kappa shape index (κ1) is 33.9. The summed E-state index contributed by atoms with van der Waals surface area (Å²) in [7, 11) is 1.60. The van der Waals surface area contributed by atoms with Crippen molar-refractivity contribution in [2.75, 3.05) is 7.11 Å². The van der Waals surface area contributed by atoms with Crippen molar-refractivity contribution in [2.45, 2.75) is 70.4 Å². The third-order valence-corrected chi connectivity index (χ3v) is 8.74. The Labute approximate surface area is 273 Å². The molecule has 5 rings (SSSR count). The number of alkyl halides is 3. The molecular weight excluding hydrogens is 617 g/mol. The van der Waals surface area contributed by atoms with Gasteiger partial charge < -0.3 is 23.7 Å². The Kier molecular flexibility index (Phi) is 11.1. The summed E-state index contributed by atoms with van der Waals surface area (Å²) < 4.78 is 68.7. The smallest absolute Gasteiger partial charge is 0.406 e. The summed E-state index contributed by atoms with van der Waals surface area (Å²) >= 11 is 6.68. The lowest BCUT2D eigenvalue weighted by molar-refractivity contribution is -0.369. The molecule has 0 N–H and O–H groups in total. The topological polar surface area (TPSA) is 46.2 Å². The van der Waals surface area contributed by atoms with Crippen LogP contribution in [-0.4, -0.2) is 31.8 Å². The van der Waals surface area contributed by atoms with Crippen molar-refractivity contribution >= 4 is 11.6 Å². The molecule has 0 aromatic heterocycles. The standard InChI is InChI=1S/C37H38ClF3O5/c1-4-33-25(2)34(43-23-27-11-7-5-8-12-27)35(44-24-28-13-9-6-10-14-28)36(42-3,46-33)30-17-20-32(38)29(22-30)21-26-15-18-31(19-16-26)45-37(39,40)41/h5-20,22,25,33-35H,4,21,23-24H2,1-3H3/t25-,33-,34+,35-,36+/m1/s1. The maximum Gasteiger partial charge on any atom is 0.573 e. The molecule has 4 aromatic rings. The largest absolute Gasteiger partial charge is 0.573 e. The van der Waals surface area contributed by atoms with Crippen molar-refractivity contribution in [2.24, 2.45) is 5.92 Å². The summed E-state index contributed by atoms with van der Waals surface area (Å²) in [6.07, 6.45) is -4.97. The van der Waals surface area contributed by atoms with Crippen molar-refractivity contribution in [1.29, 1.82) is 0 Å². The molecule has 0 unspecified atom stereocenters. The molecule has 5 atom stereocenters. The fourth-order valence-electron chi connectivity index (χ4n) is 6.00. The summed E-state index contributed by atoms with van der Waals surface area (Å²) in [5.41, 5.74) is 4.24. The van der Waals surface area contributed by atoms with Crippen LogP contribution in [0.2, 0.25) is 5.02 Å². The van der Waals surface area contributed by atoms with Crippen LogP contribution >= 0.6 is 11.6 Å². The van der Waals surface area contributed by atoms with E-state index in [1.165, 1.54) is 12.1 Å². The van der Waals surface area contributed by atoms with Gasteiger partial charge in [-0.1, -0.05) is 104 Å². The molecule has 5 nitrogen and oxygen atoms in total. The second kappa shape index (κ2) is 15.0. The minimum atomic E-state index is -4.76. The molecule has 244 valence electrons. The Hall–Kier alpha value is -3.40. The fourth-order valence-corrected chi connectivity index (χ4v) is 6.18. The second-order valence-electron chi connectivity index (χ2n) is 11.4. The molecule has 0 radical (unpaired) electrons. The van der Waals surface area contributed by atoms with Gasteiger partial charge in [-0.15, -0.1) is 13.2 Å². The van der Waals surface area contributed by atoms with Gasteiger partial charge in [-0.05, 0) is 59.4 Å². The molecule has 1 aliphatic heterocycles. The number of rotatable bonds is 12. The van der Waals surface area contributed by atoms with Crippen molar-refractivity contribution in [3.63, 3.8) is 0 Å². The van der Waals surface area contributed by atoms with E-state index in [2.05, 4.69) is 18.6 Å². The van der Waals surface area contributed by atoms with Crippen molar-refractivity contribution in [3.05, 3.63) is 136 Å². The van der Waals surface area contributed by atoms with E-state index in [4.69, 9.17) is 30.5 Å². The Balaban J connectivity index is 1.51. The number of benzene rings is 4. The van der Waals surface area contributed by atoms with Crippen LogP contribution < -0.4 is 4.74 Å². The molecule has 46 heavy (non-hydrogen) atoms. The highest BCUT2D eigenvalue weighted by Crippen LogP contribution is 2.46. The van der Waals surface area contributed by atoms with Crippen LogP contribution in [0.3, 0.4) is 0 Å². The molecule has 0 amide bonds. The molecule has 0 aliphatic carbocycles. The minimum Gasteiger partial charge on any atom is -0.406 e. The van der Waals surface area contributed by atoms with Crippen molar-refractivity contribution in [1.82, 2.24) is 0 Å². The zero-order valence-corrected chi connectivity index (χ0v) is 26.8. The average molecular weight is 655 g/mol. The molecule has 1 aliphatic rings. The predicted octanol–water partition coefficient (Wildman–Crippen LogP) is 9.24. The molecule has 4 aromatic carbocycles. The van der Waals surface area contributed by atoms with Gasteiger partial charge in [-0.2, -0.15) is 0 Å². The molecule has 1 fully saturated rings. The Morgan fingerprint density at radius 2 is 1.41 bits per heavy atom. The molecular formula is C37H38ClF3O5. The molecule has 0 bridgehead atoms. The maximum absolute atomic E-state index is 12.7. The molecule has 0 spiro atoms. The highest BCUT2D eigenvalue weighted by Gasteiger charge is 2.56. The third kappa shape index (κ3) is 8.11. The number of ether oxygens (including phenoxy) is 5. The van der Waals surface area contributed by atoms with Crippen LogP contribution in [0, 0.1) is 5.92 Å². The number of halogens is 4. The SMILES string of the molecule is CC[C@H]1O[C@@](OC)(c2ccc(Cl)c(Cc3ccc(OC(F)(F)F)cc3)c2)[C@H](OCc2ccccc2)[C@@H](OCc2ccccc2)[C@@H]1C. The van der Waals surface area contributed by atoms with E-state index < -0.39 is 24.4 Å². The lowest BCUT2D eigenvalue weighted by atomic mass is 9.81. The van der Waals surface area contributed by atoms with Gasteiger partial charge in [0.05, 0.1) is 25.4 Å². The van der Waals surface area contributed by atoms with Crippen LogP contribution in [0.1, 0.15) is 48.1 Å². The highest BCUT2D eigenvalue weighted by molar-refractivity contribution is 6.31. The summed E-state index contributed by atoms with van der Waals surface area (Å²) in [4.78, 5) is 0. The normalized spacial score (nSPS) is 23.3. The fraction of sp³-hybridized carbons (Fsp3) is 0.351. The monoisotopic (exact) mass is 654 g/mol. The van der Waals surface area contributed by atoms with Gasteiger partial charge in [0, 0.05) is 23.6 Å². The number of hydrogen-bond acceptors (Lipinski definition) is 5. The highest BCUT2D eigenvalue weighted by atomic mass is 35.5. The Morgan fingerprint density at radius 3 is 1.98 bits per heavy atom. The summed E-state index contributed by atoms with van der Waals surface area (Å²) in [5, 5.41) is 0.500. The first-order valence-corrected chi connectivity index (χ1v) is 15.7. The first-order valence-electron chi connectivity index (χ1n) is 15.3. The maximum atomic E-state index is 12.7. The molecule has 1 heterocycles. The Bertz CT molecular complexity index is 1530. The first-order chi connectivity index (χ1) is 22.1. The van der Waals surface area contributed by atoms with Crippen LogP contribution in [0.25, 0.3) is 0 Å². The van der Waals surface area contributed by atoms with Gasteiger partial charge in [0.25, 0.3) is 0 Å². The van der Waals surface area contributed by atoms with E-state index in [0.717, 1.165) is 28.7 Å². The van der Waals surface area contributed by atoms with Gasteiger partial charge in [-0.3, -0.25) is 0 Å². The number of hydrogen-bond donors (Lipinski definition) is 0. The minimum absolute atomic E-state index is 0.0260. The average Bonchev–Trinajstić information content (AvgIpc) is 3.05. The van der Waals surface area contributed by atoms with E-state index in [1.54, 1.807) is 25.3 Å². The van der Waals surface area contributed by atoms with E-state index in [-0.39, 0.29) is 17.8 Å². The summed E-state index contributed by atoms with van der Waals surface area (Å²) in [6.45, 7) is 4.88. The summed E-state index contributed by atoms with van der Waals surface area (Å²) in [5.74, 6) is -1.67. The van der Waals surface area contributed by atoms with Crippen molar-refractivity contribution in [3.8, 4) is 5.75 Å². The lowest BCUT2D eigenvalue weighted by Gasteiger charge is -2.52. The quantitative estimate of drug-likeness (QED) is 0.152. The van der Waals surface area contributed by atoms with Gasteiger partial charge in [0.1, 0.15) is 11.9 Å². The van der Waals surface area contributed by atoms with E-state index in [0.29, 0.717) is 30.2 Å². The molecule has 1 saturated heterocycles. The second-order valence-corrected chi connectivity index (χ2v) is 11.9. The summed E-state index contributed by atoms with van der Waals surface area (Å²) in [6, 6.07) is 31.2. The van der Waals surface area contributed by atoms with Crippen LogP contribution in [0.15, 0.2) is 103 Å². The van der Waals surface area contributed by atoms with Crippen LogP contribution in [0.4, 0.5) is 13.2 Å². The Morgan fingerprint density at radius 1 is 0.804 bits per heavy atom. The zero-order valence-electron chi connectivity index (χ0n) is 26.0. The molecule has 9 heteroatoms. The van der Waals surface area contributed by atoms with E-state index in [1.807, 2.05) is 72.8 Å². The zero-order chi connectivity index (χ0) is 32.7. The lowest BCUT2D eigenvalue weighted by Crippen LogP contribution is -2.62. The van der Waals surface area contributed by atoms with Gasteiger partial charge in [0.2, 0.25) is 5.79 Å². The van der Waals surface area contributed by atoms with Gasteiger partial charge in [0.15, 0.2) is 0 Å². The van der Waals surface area contributed by atoms with Gasteiger partial charge in [-0.25, -0.2) is 0 Å². The molecule has 0 saturated carbocycles. The van der Waals surface area contributed by atoms with E-state index in [9.17, 15) is 13.2 Å². The predicted molar refractivity (Wildman–Crippen MR) is 170 cm³/mol. The van der Waals surface area contributed by atoms with E-state index >= 15 is 0 Å². The van der Waals surface area contributed by atoms with Crippen LogP contribution in [-0.2, 0) is 44.4 Å². The van der Waals surface area contributed by atoms with Crippen molar-refractivity contribution < 1.29 is 36.9 Å². The third-order valence-electron chi connectivity index (χ3n) is 8.37. The number of methoxy groups -OCH3 is 1.